The summed E-state index contributed by atoms with van der Waals surface area (Å²) in [5.74, 6) is -0.188. The third-order valence-corrected chi connectivity index (χ3v) is 4.18. The average Bonchev–Trinajstić information content (AvgIpc) is 2.80. The topological polar surface area (TPSA) is 66.0 Å². The molecule has 0 radical (unpaired) electrons. The van der Waals surface area contributed by atoms with Gasteiger partial charge in [-0.3, -0.25) is 4.79 Å². The molecule has 2 aromatic rings. The third kappa shape index (κ3) is 2.84. The minimum atomic E-state index is -0.460. The van der Waals surface area contributed by atoms with Crippen molar-refractivity contribution in [3.05, 3.63) is 69.0 Å². The molecule has 0 spiro atoms. The molecule has 0 saturated carbocycles. The summed E-state index contributed by atoms with van der Waals surface area (Å²) in [6.45, 7) is -0.136. The quantitative estimate of drug-likeness (QED) is 0.635. The van der Waals surface area contributed by atoms with Gasteiger partial charge in [-0.05, 0) is 19.3 Å². The van der Waals surface area contributed by atoms with Gasteiger partial charge in [0.05, 0.1) is 6.04 Å². The molecule has 0 fully saturated rings. The lowest BCUT2D eigenvalue weighted by Gasteiger charge is -2.19. The number of carbonyl (C=O) groups is 1. The number of aromatic nitrogens is 3. The van der Waals surface area contributed by atoms with Crippen molar-refractivity contribution in [1.29, 1.82) is 0 Å². The summed E-state index contributed by atoms with van der Waals surface area (Å²) in [6.07, 6.45) is 6.68. The maximum Gasteiger partial charge on any atom is 0.347 e. The Balaban J connectivity index is 2.02. The Morgan fingerprint density at radius 2 is 1.91 bits per heavy atom. The number of ketones is 1. The second-order valence-corrected chi connectivity index (χ2v) is 5.74. The van der Waals surface area contributed by atoms with Crippen LogP contribution in [0.3, 0.4) is 0 Å². The van der Waals surface area contributed by atoms with Crippen molar-refractivity contribution in [3.8, 4) is 0 Å². The highest BCUT2D eigenvalue weighted by atomic mass is 16.2. The van der Waals surface area contributed by atoms with Gasteiger partial charge in [-0.1, -0.05) is 42.5 Å². The Bertz CT molecular complexity index is 855. The van der Waals surface area contributed by atoms with Crippen LogP contribution in [0.25, 0.3) is 0 Å². The van der Waals surface area contributed by atoms with Gasteiger partial charge in [0.15, 0.2) is 5.78 Å². The smallest absolute Gasteiger partial charge is 0.292 e. The summed E-state index contributed by atoms with van der Waals surface area (Å²) in [6, 6.07) is 8.62. The zero-order valence-corrected chi connectivity index (χ0v) is 13.0. The molecule has 0 N–H and O–H groups in total. The number of Topliss-reactive ketones (excluding diaryl/α,β-unsaturated/α-hetero) is 1. The normalized spacial score (nSPS) is 17.3. The minimum Gasteiger partial charge on any atom is -0.292 e. The van der Waals surface area contributed by atoms with Crippen LogP contribution < -0.4 is 11.4 Å². The van der Waals surface area contributed by atoms with Crippen molar-refractivity contribution in [3.63, 3.8) is 0 Å². The number of carbonyl (C=O) groups excluding carboxylic acids is 1. The predicted molar refractivity (Wildman–Crippen MR) is 86.7 cm³/mol. The maximum atomic E-state index is 12.4. The molecule has 0 amide bonds. The van der Waals surface area contributed by atoms with Crippen molar-refractivity contribution in [2.75, 3.05) is 0 Å². The molecule has 120 valence electrons. The van der Waals surface area contributed by atoms with Gasteiger partial charge >= 0.3 is 11.4 Å². The van der Waals surface area contributed by atoms with Gasteiger partial charge in [-0.15, -0.1) is 0 Å². The number of allylic oxidation sites excluding steroid dienone is 2. The van der Waals surface area contributed by atoms with E-state index in [2.05, 4.69) is 0 Å². The minimum absolute atomic E-state index is 0.136. The van der Waals surface area contributed by atoms with Crippen molar-refractivity contribution in [2.24, 2.45) is 7.05 Å². The summed E-state index contributed by atoms with van der Waals surface area (Å²) >= 11 is 0. The van der Waals surface area contributed by atoms with E-state index in [0.29, 0.717) is 5.56 Å². The standard InChI is InChI=1S/C17H19N3O3/c1-18-16(22)19(12-15(21)13-8-4-2-5-9-13)20(17(18)23)14-10-6-3-7-11-14/h2,4-6,8-10,14H,3,7,11-12H2,1H3. The monoisotopic (exact) mass is 313 g/mol. The van der Waals surface area contributed by atoms with E-state index in [1.54, 1.807) is 24.3 Å². The summed E-state index contributed by atoms with van der Waals surface area (Å²) in [4.78, 5) is 37.2. The van der Waals surface area contributed by atoms with Crippen molar-refractivity contribution in [1.82, 2.24) is 13.9 Å². The fourth-order valence-corrected chi connectivity index (χ4v) is 2.92. The highest BCUT2D eigenvalue weighted by Crippen LogP contribution is 2.20. The van der Waals surface area contributed by atoms with E-state index in [1.807, 2.05) is 18.2 Å². The number of benzene rings is 1. The van der Waals surface area contributed by atoms with Crippen molar-refractivity contribution < 1.29 is 4.79 Å². The van der Waals surface area contributed by atoms with Gasteiger partial charge in [0.25, 0.3) is 0 Å². The van der Waals surface area contributed by atoms with Crippen molar-refractivity contribution >= 4 is 5.78 Å². The van der Waals surface area contributed by atoms with Gasteiger partial charge in [0.1, 0.15) is 6.54 Å². The molecule has 0 aliphatic heterocycles. The molecule has 1 aromatic carbocycles. The van der Waals surface area contributed by atoms with Crippen LogP contribution in [0, 0.1) is 0 Å². The lowest BCUT2D eigenvalue weighted by Crippen LogP contribution is -2.32. The van der Waals surface area contributed by atoms with Gasteiger partial charge in [-0.25, -0.2) is 23.5 Å². The molecule has 0 saturated heterocycles. The van der Waals surface area contributed by atoms with Crippen molar-refractivity contribution in [2.45, 2.75) is 31.8 Å². The van der Waals surface area contributed by atoms with Gasteiger partial charge in [-0.2, -0.15) is 0 Å². The molecular weight excluding hydrogens is 294 g/mol. The summed E-state index contributed by atoms with van der Waals surface area (Å²) < 4.78 is 3.73. The van der Waals surface area contributed by atoms with E-state index >= 15 is 0 Å². The van der Waals surface area contributed by atoms with Gasteiger partial charge in [0, 0.05) is 12.6 Å². The van der Waals surface area contributed by atoms with Gasteiger partial charge in [0.2, 0.25) is 0 Å². The predicted octanol–water partition coefficient (Wildman–Crippen LogP) is 1.51. The average molecular weight is 313 g/mol. The molecule has 1 aliphatic carbocycles. The molecule has 23 heavy (non-hydrogen) atoms. The van der Waals surface area contributed by atoms with E-state index in [-0.39, 0.29) is 24.1 Å². The Kier molecular flexibility index (Phi) is 4.14. The number of hydrogen-bond acceptors (Lipinski definition) is 3. The van der Waals surface area contributed by atoms with Gasteiger partial charge < -0.3 is 0 Å². The zero-order valence-electron chi connectivity index (χ0n) is 13.0. The summed E-state index contributed by atoms with van der Waals surface area (Å²) in [7, 11) is 1.44. The Labute approximate surface area is 133 Å². The highest BCUT2D eigenvalue weighted by molar-refractivity contribution is 5.95. The Hall–Kier alpha value is -2.63. The zero-order chi connectivity index (χ0) is 16.4. The molecule has 3 rings (SSSR count). The SMILES string of the molecule is Cn1c(=O)n(CC(=O)c2ccccc2)n(C2C=CCCC2)c1=O. The largest absolute Gasteiger partial charge is 0.347 e. The fourth-order valence-electron chi connectivity index (χ4n) is 2.92. The lowest BCUT2D eigenvalue weighted by molar-refractivity contribution is 0.0957. The molecule has 1 heterocycles. The summed E-state index contributed by atoms with van der Waals surface area (Å²) in [5.41, 5.74) is -0.313. The molecular formula is C17H19N3O3. The van der Waals surface area contributed by atoms with Crippen LogP contribution in [0.5, 0.6) is 0 Å². The van der Waals surface area contributed by atoms with E-state index in [4.69, 9.17) is 0 Å². The number of hydrogen-bond donors (Lipinski definition) is 0. The third-order valence-electron chi connectivity index (χ3n) is 4.18. The second-order valence-electron chi connectivity index (χ2n) is 5.74. The molecule has 1 aromatic heterocycles. The van der Waals surface area contributed by atoms with Crippen LogP contribution in [-0.4, -0.2) is 19.7 Å². The van der Waals surface area contributed by atoms with Crippen LogP contribution in [-0.2, 0) is 13.6 Å². The molecule has 1 aliphatic rings. The van der Waals surface area contributed by atoms with Crippen LogP contribution in [0.1, 0.15) is 35.7 Å². The first-order valence-electron chi connectivity index (χ1n) is 7.73. The van der Waals surface area contributed by atoms with Crippen LogP contribution in [0.2, 0.25) is 0 Å². The van der Waals surface area contributed by atoms with E-state index in [0.717, 1.165) is 23.8 Å². The molecule has 1 atom stereocenters. The first-order valence-corrected chi connectivity index (χ1v) is 7.73. The Morgan fingerprint density at radius 1 is 1.17 bits per heavy atom. The number of nitrogens with zero attached hydrogens (tertiary/aromatic N) is 3. The van der Waals surface area contributed by atoms with Crippen LogP contribution in [0.4, 0.5) is 0 Å². The first-order chi connectivity index (χ1) is 11.1. The van der Waals surface area contributed by atoms with Crippen LogP contribution in [0.15, 0.2) is 52.1 Å². The summed E-state index contributed by atoms with van der Waals surface area (Å²) in [5, 5.41) is 0. The first kappa shape index (κ1) is 15.3. The molecule has 6 nitrogen and oxygen atoms in total. The fraction of sp³-hybridized carbons (Fsp3) is 0.353. The molecule has 6 heteroatoms. The maximum absolute atomic E-state index is 12.4. The van der Waals surface area contributed by atoms with E-state index in [9.17, 15) is 14.4 Å². The van der Waals surface area contributed by atoms with E-state index < -0.39 is 5.69 Å². The number of rotatable bonds is 4. The second kappa shape index (κ2) is 6.24. The van der Waals surface area contributed by atoms with E-state index in [1.165, 1.54) is 16.4 Å². The molecule has 1 unspecified atom stereocenters. The van der Waals surface area contributed by atoms with Crippen LogP contribution >= 0.6 is 0 Å². The molecule has 0 bridgehead atoms. The Morgan fingerprint density at radius 3 is 2.57 bits per heavy atom. The highest BCUT2D eigenvalue weighted by Gasteiger charge is 2.22. The lowest BCUT2D eigenvalue weighted by atomic mass is 10.0.